The van der Waals surface area contributed by atoms with Crippen molar-refractivity contribution in [3.63, 3.8) is 0 Å². The Morgan fingerprint density at radius 2 is 1.06 bits per heavy atom. The summed E-state index contributed by atoms with van der Waals surface area (Å²) in [4.78, 5) is 3.75. The van der Waals surface area contributed by atoms with Gasteiger partial charge in [-0.2, -0.15) is 10.5 Å². The van der Waals surface area contributed by atoms with Crippen molar-refractivity contribution in [3.05, 3.63) is 174 Å². The number of para-hydroxylation sites is 3. The molecule has 50 heavy (non-hydrogen) atoms. The Kier molecular flexibility index (Phi) is 6.56. The van der Waals surface area contributed by atoms with Crippen LogP contribution in [0.25, 0.3) is 82.1 Å². The lowest BCUT2D eigenvalue weighted by atomic mass is 9.94. The predicted molar refractivity (Wildman–Crippen MR) is 202 cm³/mol. The molecular formula is C45H25N5. The largest absolute Gasteiger partial charge is 0.310 e. The van der Waals surface area contributed by atoms with E-state index in [0.717, 1.165) is 66.5 Å². The fraction of sp³-hybridized carbons (Fsp3) is 0. The van der Waals surface area contributed by atoms with Crippen molar-refractivity contribution in [3.8, 4) is 45.8 Å². The van der Waals surface area contributed by atoms with Crippen molar-refractivity contribution < 1.29 is 0 Å². The van der Waals surface area contributed by atoms with Gasteiger partial charge >= 0.3 is 0 Å². The highest BCUT2D eigenvalue weighted by Crippen LogP contribution is 2.41. The van der Waals surface area contributed by atoms with E-state index in [1.165, 1.54) is 10.8 Å². The molecule has 0 aliphatic carbocycles. The summed E-state index contributed by atoms with van der Waals surface area (Å²) in [5.41, 5.74) is 11.0. The smallest absolute Gasteiger partial charge is 0.190 e. The standard InChI is InChI=1S/C45H25N5/c1-48-34-24-33(28-47)45(44(26-34)50-42-19-7-4-16-38(42)39-22-29(27-46)20-21-43(39)50)32-12-8-10-30(23-32)31-11-9-13-35(25-31)49-40-17-5-2-14-36(40)37-15-3-6-18-41(37)49/h2-26H. The molecule has 0 aliphatic heterocycles. The lowest BCUT2D eigenvalue weighted by molar-refractivity contribution is 1.18. The van der Waals surface area contributed by atoms with Gasteiger partial charge < -0.3 is 9.13 Å². The van der Waals surface area contributed by atoms with E-state index in [1.807, 2.05) is 60.7 Å². The van der Waals surface area contributed by atoms with Crippen LogP contribution >= 0.6 is 0 Å². The first-order valence-electron chi connectivity index (χ1n) is 16.3. The fourth-order valence-electron chi connectivity index (χ4n) is 7.43. The molecule has 0 atom stereocenters. The van der Waals surface area contributed by atoms with Crippen LogP contribution in [0.4, 0.5) is 5.69 Å². The Hall–Kier alpha value is -7.39. The normalized spacial score (nSPS) is 11.1. The average Bonchev–Trinajstić information content (AvgIpc) is 3.70. The van der Waals surface area contributed by atoms with Gasteiger partial charge in [-0.25, -0.2) is 4.85 Å². The van der Waals surface area contributed by atoms with Crippen LogP contribution < -0.4 is 0 Å². The first-order chi connectivity index (χ1) is 24.7. The van der Waals surface area contributed by atoms with E-state index >= 15 is 0 Å². The van der Waals surface area contributed by atoms with Crippen LogP contribution in [0.15, 0.2) is 152 Å². The quantitative estimate of drug-likeness (QED) is 0.181. The molecular weight excluding hydrogens is 611 g/mol. The number of rotatable bonds is 4. The van der Waals surface area contributed by atoms with Crippen LogP contribution in [0.5, 0.6) is 0 Å². The number of fused-ring (bicyclic) bond motifs is 6. The van der Waals surface area contributed by atoms with Crippen molar-refractivity contribution in [1.82, 2.24) is 9.13 Å². The zero-order valence-electron chi connectivity index (χ0n) is 26.7. The molecule has 0 N–H and O–H groups in total. The minimum absolute atomic E-state index is 0.384. The molecule has 0 bridgehead atoms. The van der Waals surface area contributed by atoms with Gasteiger partial charge in [-0.3, -0.25) is 0 Å². The number of nitrogens with zero attached hydrogens (tertiary/aromatic N) is 5. The molecule has 0 aliphatic rings. The molecule has 0 amide bonds. The first kappa shape index (κ1) is 28.8. The Labute approximate surface area is 288 Å². The van der Waals surface area contributed by atoms with E-state index in [1.54, 1.807) is 6.07 Å². The van der Waals surface area contributed by atoms with E-state index in [9.17, 15) is 10.5 Å². The van der Waals surface area contributed by atoms with Gasteiger partial charge in [0.25, 0.3) is 0 Å². The van der Waals surface area contributed by atoms with E-state index in [-0.39, 0.29) is 0 Å². The summed E-state index contributed by atoms with van der Waals surface area (Å²) in [5, 5.41) is 24.6. The summed E-state index contributed by atoms with van der Waals surface area (Å²) in [6.07, 6.45) is 0. The molecule has 5 heteroatoms. The van der Waals surface area contributed by atoms with Gasteiger partial charge in [0.2, 0.25) is 0 Å². The molecule has 0 spiro atoms. The molecule has 0 unspecified atom stereocenters. The number of hydrogen-bond acceptors (Lipinski definition) is 2. The second-order valence-corrected chi connectivity index (χ2v) is 12.3. The van der Waals surface area contributed by atoms with Gasteiger partial charge in [0.05, 0.1) is 51.9 Å². The van der Waals surface area contributed by atoms with Gasteiger partial charge in [-0.15, -0.1) is 0 Å². The number of aromatic nitrogens is 2. The van der Waals surface area contributed by atoms with Gasteiger partial charge in [-0.1, -0.05) is 84.9 Å². The van der Waals surface area contributed by atoms with Gasteiger partial charge in [-0.05, 0) is 83.4 Å². The lowest BCUT2D eigenvalue weighted by Gasteiger charge is -2.17. The van der Waals surface area contributed by atoms with Gasteiger partial charge in [0.1, 0.15) is 0 Å². The maximum Gasteiger partial charge on any atom is 0.190 e. The van der Waals surface area contributed by atoms with Gasteiger partial charge in [0, 0.05) is 38.5 Å². The van der Waals surface area contributed by atoms with Crippen LogP contribution in [0.2, 0.25) is 0 Å². The molecule has 0 saturated carbocycles. The van der Waals surface area contributed by atoms with Crippen LogP contribution in [0.1, 0.15) is 11.1 Å². The lowest BCUT2D eigenvalue weighted by Crippen LogP contribution is -2.00. The zero-order chi connectivity index (χ0) is 33.8. The summed E-state index contributed by atoms with van der Waals surface area (Å²) < 4.78 is 4.43. The summed E-state index contributed by atoms with van der Waals surface area (Å²) in [7, 11) is 0. The van der Waals surface area contributed by atoms with Crippen molar-refractivity contribution in [2.45, 2.75) is 0 Å². The third-order valence-corrected chi connectivity index (χ3v) is 9.56. The topological polar surface area (TPSA) is 61.8 Å². The van der Waals surface area contributed by atoms with Crippen molar-refractivity contribution in [2.75, 3.05) is 0 Å². The maximum atomic E-state index is 10.5. The van der Waals surface area contributed by atoms with Crippen molar-refractivity contribution in [1.29, 1.82) is 10.5 Å². The van der Waals surface area contributed by atoms with Crippen molar-refractivity contribution >= 4 is 49.3 Å². The molecule has 2 aromatic heterocycles. The molecule has 2 heterocycles. The Balaban J connectivity index is 1.26. The SMILES string of the molecule is [C-]#[N+]c1cc(C#N)c(-c2cccc(-c3cccc(-n4c5ccccc5c5ccccc54)c3)c2)c(-n2c3ccccc3c3cc(C#N)ccc32)c1. The first-order valence-corrected chi connectivity index (χ1v) is 16.3. The van der Waals surface area contributed by atoms with E-state index in [4.69, 9.17) is 6.57 Å². The summed E-state index contributed by atoms with van der Waals surface area (Å²) in [6, 6.07) is 55.7. The Bertz CT molecular complexity index is 2920. The summed E-state index contributed by atoms with van der Waals surface area (Å²) in [5.74, 6) is 0. The molecule has 9 aromatic rings. The molecule has 0 radical (unpaired) electrons. The Morgan fingerprint density at radius 3 is 1.72 bits per heavy atom. The number of nitriles is 2. The van der Waals surface area contributed by atoms with Crippen molar-refractivity contribution in [2.24, 2.45) is 0 Å². The summed E-state index contributed by atoms with van der Waals surface area (Å²) >= 11 is 0. The minimum Gasteiger partial charge on any atom is -0.310 e. The maximum absolute atomic E-state index is 10.5. The number of benzene rings is 7. The third kappa shape index (κ3) is 4.38. The summed E-state index contributed by atoms with van der Waals surface area (Å²) in [6.45, 7) is 7.89. The molecule has 9 rings (SSSR count). The highest BCUT2D eigenvalue weighted by molar-refractivity contribution is 6.11. The highest BCUT2D eigenvalue weighted by atomic mass is 15.0. The molecule has 230 valence electrons. The second-order valence-electron chi connectivity index (χ2n) is 12.3. The molecule has 7 aromatic carbocycles. The monoisotopic (exact) mass is 635 g/mol. The second kappa shape index (κ2) is 11.4. The molecule has 0 fully saturated rings. The Morgan fingerprint density at radius 1 is 0.480 bits per heavy atom. The fourth-order valence-corrected chi connectivity index (χ4v) is 7.43. The number of hydrogen-bond donors (Lipinski definition) is 0. The third-order valence-electron chi connectivity index (χ3n) is 9.56. The predicted octanol–water partition coefficient (Wildman–Crippen LogP) is 11.5. The van der Waals surface area contributed by atoms with Crippen LogP contribution in [-0.2, 0) is 0 Å². The average molecular weight is 636 g/mol. The van der Waals surface area contributed by atoms with E-state index in [0.29, 0.717) is 16.8 Å². The van der Waals surface area contributed by atoms with Crippen LogP contribution in [0.3, 0.4) is 0 Å². The van der Waals surface area contributed by atoms with Crippen LogP contribution in [-0.4, -0.2) is 9.13 Å². The molecule has 5 nitrogen and oxygen atoms in total. The van der Waals surface area contributed by atoms with E-state index < -0.39 is 0 Å². The molecule has 0 saturated heterocycles. The van der Waals surface area contributed by atoms with Gasteiger partial charge in [0.15, 0.2) is 5.69 Å². The van der Waals surface area contributed by atoms with E-state index in [2.05, 4.69) is 111 Å². The van der Waals surface area contributed by atoms with Crippen LogP contribution in [0, 0.1) is 29.2 Å². The zero-order valence-corrected chi connectivity index (χ0v) is 26.7. The minimum atomic E-state index is 0.384. The highest BCUT2D eigenvalue weighted by Gasteiger charge is 2.20.